The van der Waals surface area contributed by atoms with Crippen molar-refractivity contribution in [3.63, 3.8) is 0 Å². The molecule has 3 saturated heterocycles. The van der Waals surface area contributed by atoms with Crippen LogP contribution in [0.5, 0.6) is 0 Å². The second kappa shape index (κ2) is 8.29. The third kappa shape index (κ3) is 4.36. The molecule has 27 heavy (non-hydrogen) atoms. The Morgan fingerprint density at radius 1 is 1.07 bits per heavy atom. The summed E-state index contributed by atoms with van der Waals surface area (Å²) in [5, 5.41) is 0. The highest BCUT2D eigenvalue weighted by Crippen LogP contribution is 2.37. The predicted molar refractivity (Wildman–Crippen MR) is 106 cm³/mol. The third-order valence-electron chi connectivity index (χ3n) is 6.82. The largest absolute Gasteiger partial charge is 0.376 e. The summed E-state index contributed by atoms with van der Waals surface area (Å²) in [7, 11) is 2.00. The maximum atomic E-state index is 12.0. The molecule has 4 rings (SSSR count). The average molecular weight is 372 g/mol. The van der Waals surface area contributed by atoms with E-state index in [2.05, 4.69) is 40.1 Å². The standard InChI is InChI=1S/C22H33N3O2/c1-23-21(26)8-9-22(23)10-13-24(14-11-22)17-20-18-25(12-5-15-27-20)16-19-6-3-2-4-7-19/h2-4,6-7,20H,5,8-18H2,1H3/t20-/m0/s1. The highest BCUT2D eigenvalue weighted by molar-refractivity contribution is 5.79. The van der Waals surface area contributed by atoms with Gasteiger partial charge in [0.2, 0.25) is 5.91 Å². The Balaban J connectivity index is 1.29. The number of likely N-dealkylation sites (tertiary alicyclic amines) is 2. The number of carbonyl (C=O) groups excluding carboxylic acids is 1. The van der Waals surface area contributed by atoms with Crippen LogP contribution in [0.1, 0.15) is 37.7 Å². The van der Waals surface area contributed by atoms with Gasteiger partial charge in [-0.25, -0.2) is 0 Å². The van der Waals surface area contributed by atoms with E-state index in [9.17, 15) is 4.79 Å². The number of ether oxygens (including phenoxy) is 1. The van der Waals surface area contributed by atoms with Crippen molar-refractivity contribution in [1.29, 1.82) is 0 Å². The number of hydrogen-bond acceptors (Lipinski definition) is 4. The quantitative estimate of drug-likeness (QED) is 0.814. The fourth-order valence-corrected chi connectivity index (χ4v) is 5.03. The first-order valence-electron chi connectivity index (χ1n) is 10.5. The van der Waals surface area contributed by atoms with Gasteiger partial charge < -0.3 is 14.5 Å². The van der Waals surface area contributed by atoms with Gasteiger partial charge in [-0.1, -0.05) is 30.3 Å². The number of hydrogen-bond donors (Lipinski definition) is 0. The zero-order chi connectivity index (χ0) is 18.7. The molecule has 0 radical (unpaired) electrons. The number of rotatable bonds is 4. The van der Waals surface area contributed by atoms with E-state index in [0.29, 0.717) is 5.91 Å². The molecule has 148 valence electrons. The summed E-state index contributed by atoms with van der Waals surface area (Å²) in [6.45, 7) is 7.17. The highest BCUT2D eigenvalue weighted by Gasteiger charge is 2.44. The number of piperidine rings is 1. The zero-order valence-corrected chi connectivity index (χ0v) is 16.6. The molecule has 1 amide bonds. The third-order valence-corrected chi connectivity index (χ3v) is 6.82. The van der Waals surface area contributed by atoms with Crippen LogP contribution in [-0.2, 0) is 16.1 Å². The Morgan fingerprint density at radius 2 is 1.85 bits per heavy atom. The minimum atomic E-state index is 0.136. The van der Waals surface area contributed by atoms with E-state index < -0.39 is 0 Å². The summed E-state index contributed by atoms with van der Waals surface area (Å²) in [6, 6.07) is 10.7. The smallest absolute Gasteiger partial charge is 0.222 e. The Hall–Kier alpha value is -1.43. The number of carbonyl (C=O) groups is 1. The molecule has 0 aliphatic carbocycles. The predicted octanol–water partition coefficient (Wildman–Crippen LogP) is 2.36. The van der Waals surface area contributed by atoms with E-state index in [1.165, 1.54) is 5.56 Å². The Labute approximate surface area is 163 Å². The van der Waals surface area contributed by atoms with Crippen molar-refractivity contribution in [3.8, 4) is 0 Å². The van der Waals surface area contributed by atoms with Gasteiger partial charge in [0.1, 0.15) is 0 Å². The molecular weight excluding hydrogens is 338 g/mol. The second-order valence-electron chi connectivity index (χ2n) is 8.54. The normalized spacial score (nSPS) is 27.2. The highest BCUT2D eigenvalue weighted by atomic mass is 16.5. The molecule has 0 unspecified atom stereocenters. The van der Waals surface area contributed by atoms with E-state index in [1.807, 2.05) is 11.9 Å². The zero-order valence-electron chi connectivity index (χ0n) is 16.6. The van der Waals surface area contributed by atoms with Gasteiger partial charge in [-0.15, -0.1) is 0 Å². The first-order chi connectivity index (χ1) is 13.1. The molecule has 0 N–H and O–H groups in total. The van der Waals surface area contributed by atoms with Crippen LogP contribution in [0.3, 0.4) is 0 Å². The van der Waals surface area contributed by atoms with Crippen molar-refractivity contribution in [3.05, 3.63) is 35.9 Å². The van der Waals surface area contributed by atoms with E-state index in [4.69, 9.17) is 4.74 Å². The van der Waals surface area contributed by atoms with E-state index in [1.54, 1.807) is 0 Å². The Morgan fingerprint density at radius 3 is 2.56 bits per heavy atom. The Kier molecular flexibility index (Phi) is 5.81. The van der Waals surface area contributed by atoms with Crippen molar-refractivity contribution < 1.29 is 9.53 Å². The van der Waals surface area contributed by atoms with Gasteiger partial charge >= 0.3 is 0 Å². The van der Waals surface area contributed by atoms with Gasteiger partial charge in [-0.2, -0.15) is 0 Å². The number of nitrogens with zero attached hydrogens (tertiary/aromatic N) is 3. The molecule has 3 aliphatic heterocycles. The van der Waals surface area contributed by atoms with E-state index in [-0.39, 0.29) is 11.6 Å². The number of amides is 1. The minimum absolute atomic E-state index is 0.136. The first kappa shape index (κ1) is 18.9. The lowest BCUT2D eigenvalue weighted by atomic mass is 9.85. The molecule has 3 aliphatic rings. The molecule has 5 nitrogen and oxygen atoms in total. The summed E-state index contributed by atoms with van der Waals surface area (Å²) in [5.41, 5.74) is 1.52. The van der Waals surface area contributed by atoms with Crippen molar-refractivity contribution >= 4 is 5.91 Å². The summed E-state index contributed by atoms with van der Waals surface area (Å²) >= 11 is 0. The summed E-state index contributed by atoms with van der Waals surface area (Å²) in [5.74, 6) is 0.326. The van der Waals surface area contributed by atoms with Gasteiger partial charge in [-0.05, 0) is 31.2 Å². The van der Waals surface area contributed by atoms with Gasteiger partial charge in [0.25, 0.3) is 0 Å². The van der Waals surface area contributed by atoms with Gasteiger partial charge in [0.05, 0.1) is 6.10 Å². The maximum Gasteiger partial charge on any atom is 0.222 e. The van der Waals surface area contributed by atoms with Crippen LogP contribution in [0.2, 0.25) is 0 Å². The molecule has 0 saturated carbocycles. The fourth-order valence-electron chi connectivity index (χ4n) is 5.03. The number of benzene rings is 1. The van der Waals surface area contributed by atoms with Crippen molar-refractivity contribution in [1.82, 2.24) is 14.7 Å². The molecule has 0 aromatic heterocycles. The van der Waals surface area contributed by atoms with Crippen molar-refractivity contribution in [2.24, 2.45) is 0 Å². The van der Waals surface area contributed by atoms with E-state index in [0.717, 1.165) is 78.0 Å². The first-order valence-corrected chi connectivity index (χ1v) is 10.5. The summed E-state index contributed by atoms with van der Waals surface area (Å²) in [6.07, 6.45) is 5.38. The van der Waals surface area contributed by atoms with Crippen molar-refractivity contribution in [2.75, 3.05) is 46.4 Å². The summed E-state index contributed by atoms with van der Waals surface area (Å²) in [4.78, 5) is 19.1. The molecule has 5 heteroatoms. The lowest BCUT2D eigenvalue weighted by Gasteiger charge is -2.44. The topological polar surface area (TPSA) is 36.0 Å². The lowest BCUT2D eigenvalue weighted by molar-refractivity contribution is -0.130. The van der Waals surface area contributed by atoms with Crippen molar-refractivity contribution in [2.45, 2.75) is 50.3 Å². The van der Waals surface area contributed by atoms with Gasteiger partial charge in [-0.3, -0.25) is 9.69 Å². The fraction of sp³-hybridized carbons (Fsp3) is 0.682. The summed E-state index contributed by atoms with van der Waals surface area (Å²) < 4.78 is 6.18. The molecule has 3 fully saturated rings. The van der Waals surface area contributed by atoms with Crippen LogP contribution in [0.15, 0.2) is 30.3 Å². The van der Waals surface area contributed by atoms with Crippen LogP contribution >= 0.6 is 0 Å². The minimum Gasteiger partial charge on any atom is -0.376 e. The van der Waals surface area contributed by atoms with Crippen LogP contribution in [-0.4, -0.2) is 78.6 Å². The lowest BCUT2D eigenvalue weighted by Crippen LogP contribution is -2.53. The molecule has 1 aromatic rings. The molecule has 1 spiro atoms. The average Bonchev–Trinajstić information content (AvgIpc) is 2.85. The second-order valence-corrected chi connectivity index (χ2v) is 8.54. The molecule has 1 aromatic carbocycles. The molecule has 3 heterocycles. The Bertz CT molecular complexity index is 628. The van der Waals surface area contributed by atoms with E-state index >= 15 is 0 Å². The molecular formula is C22H33N3O2. The van der Waals surface area contributed by atoms with Gasteiger partial charge in [0.15, 0.2) is 0 Å². The van der Waals surface area contributed by atoms with Crippen LogP contribution in [0, 0.1) is 0 Å². The van der Waals surface area contributed by atoms with Crippen LogP contribution in [0.25, 0.3) is 0 Å². The molecule has 1 atom stereocenters. The van der Waals surface area contributed by atoms with Crippen LogP contribution in [0.4, 0.5) is 0 Å². The molecule has 0 bridgehead atoms. The van der Waals surface area contributed by atoms with Gasteiger partial charge in [0, 0.05) is 64.9 Å². The van der Waals surface area contributed by atoms with Crippen LogP contribution < -0.4 is 0 Å². The SMILES string of the molecule is CN1C(=O)CCC12CCN(C[C@H]1CN(Cc3ccccc3)CCCO1)CC2. The monoisotopic (exact) mass is 371 g/mol. The maximum absolute atomic E-state index is 12.0.